The lowest BCUT2D eigenvalue weighted by molar-refractivity contribution is 0.297. The molecule has 0 fully saturated rings. The van der Waals surface area contributed by atoms with Crippen LogP contribution in [0.5, 0.6) is 5.75 Å². The van der Waals surface area contributed by atoms with Crippen LogP contribution in [-0.2, 0) is 10.0 Å². The minimum absolute atomic E-state index is 0.104. The normalized spacial score (nSPS) is 11.8. The monoisotopic (exact) mass is 257 g/mol. The molecule has 1 aromatic rings. The maximum absolute atomic E-state index is 11.0. The van der Waals surface area contributed by atoms with Crippen LogP contribution in [0.25, 0.3) is 0 Å². The van der Waals surface area contributed by atoms with Crippen LogP contribution in [0.4, 0.5) is 0 Å². The number of ether oxygens (including phenoxy) is 1. The van der Waals surface area contributed by atoms with Crippen LogP contribution in [0.15, 0.2) is 29.2 Å². The predicted molar refractivity (Wildman–Crippen MR) is 67.4 cm³/mol. The average Bonchev–Trinajstić information content (AvgIpc) is 2.23. The number of hydrogen-bond acceptors (Lipinski definition) is 3. The van der Waals surface area contributed by atoms with Gasteiger partial charge in [-0.15, -0.1) is 0 Å². The molecule has 1 aromatic carbocycles. The van der Waals surface area contributed by atoms with E-state index in [1.807, 2.05) is 0 Å². The third-order valence-corrected chi connectivity index (χ3v) is 3.28. The van der Waals surface area contributed by atoms with Crippen molar-refractivity contribution in [3.05, 3.63) is 24.3 Å². The molecular weight excluding hydrogens is 238 g/mol. The fourth-order valence-electron chi connectivity index (χ4n) is 1.41. The van der Waals surface area contributed by atoms with Crippen LogP contribution in [0.2, 0.25) is 0 Å². The van der Waals surface area contributed by atoms with E-state index in [4.69, 9.17) is 9.88 Å². The summed E-state index contributed by atoms with van der Waals surface area (Å²) in [7, 11) is -3.61. The Balaban J connectivity index is 2.46. The molecule has 0 bridgehead atoms. The number of sulfonamides is 1. The molecule has 4 nitrogen and oxygen atoms in total. The lowest BCUT2D eigenvalue weighted by Gasteiger charge is -2.08. The summed E-state index contributed by atoms with van der Waals surface area (Å²) < 4.78 is 27.5. The van der Waals surface area contributed by atoms with E-state index in [1.165, 1.54) is 12.1 Å². The summed E-state index contributed by atoms with van der Waals surface area (Å²) in [6, 6.07) is 6.14. The fraction of sp³-hybridized carbons (Fsp3) is 0.500. The summed E-state index contributed by atoms with van der Waals surface area (Å²) in [5, 5.41) is 4.99. The van der Waals surface area contributed by atoms with Gasteiger partial charge in [-0.3, -0.25) is 0 Å². The van der Waals surface area contributed by atoms with Gasteiger partial charge in [0.2, 0.25) is 10.0 Å². The van der Waals surface area contributed by atoms with Gasteiger partial charge in [-0.25, -0.2) is 13.6 Å². The zero-order valence-electron chi connectivity index (χ0n) is 10.2. The SMILES string of the molecule is CC(C)CCCOc1ccc(S(N)(=O)=O)cc1. The summed E-state index contributed by atoms with van der Waals surface area (Å²) in [6.45, 7) is 4.98. The summed E-state index contributed by atoms with van der Waals surface area (Å²) in [5.74, 6) is 1.34. The van der Waals surface area contributed by atoms with Crippen molar-refractivity contribution in [3.63, 3.8) is 0 Å². The van der Waals surface area contributed by atoms with Crippen molar-refractivity contribution in [2.45, 2.75) is 31.6 Å². The Morgan fingerprint density at radius 1 is 1.24 bits per heavy atom. The van der Waals surface area contributed by atoms with E-state index in [1.54, 1.807) is 12.1 Å². The van der Waals surface area contributed by atoms with E-state index in [0.29, 0.717) is 18.3 Å². The highest BCUT2D eigenvalue weighted by atomic mass is 32.2. The zero-order valence-corrected chi connectivity index (χ0v) is 11.0. The van der Waals surface area contributed by atoms with Crippen molar-refractivity contribution in [2.24, 2.45) is 11.1 Å². The van der Waals surface area contributed by atoms with Gasteiger partial charge in [-0.2, -0.15) is 0 Å². The van der Waals surface area contributed by atoms with Crippen LogP contribution in [0.3, 0.4) is 0 Å². The summed E-state index contributed by atoms with van der Waals surface area (Å²) >= 11 is 0. The standard InChI is InChI=1S/C12H19NO3S/c1-10(2)4-3-9-16-11-5-7-12(8-6-11)17(13,14)15/h5-8,10H,3-4,9H2,1-2H3,(H2,13,14,15). The molecule has 0 aliphatic carbocycles. The Labute approximate surface area is 103 Å². The molecule has 0 atom stereocenters. The van der Waals surface area contributed by atoms with Crippen molar-refractivity contribution in [3.8, 4) is 5.75 Å². The van der Waals surface area contributed by atoms with Crippen LogP contribution in [-0.4, -0.2) is 15.0 Å². The number of rotatable bonds is 6. The molecule has 0 saturated carbocycles. The largest absolute Gasteiger partial charge is 0.494 e. The number of primary sulfonamides is 1. The highest BCUT2D eigenvalue weighted by Crippen LogP contribution is 2.15. The van der Waals surface area contributed by atoms with Crippen LogP contribution in [0.1, 0.15) is 26.7 Å². The quantitative estimate of drug-likeness (QED) is 0.794. The first kappa shape index (κ1) is 14.0. The van der Waals surface area contributed by atoms with Gasteiger partial charge >= 0.3 is 0 Å². The Bertz CT molecular complexity index is 437. The van der Waals surface area contributed by atoms with Crippen LogP contribution in [0, 0.1) is 5.92 Å². The Hall–Kier alpha value is -1.07. The van der Waals surface area contributed by atoms with Crippen molar-refractivity contribution in [2.75, 3.05) is 6.61 Å². The molecule has 0 radical (unpaired) electrons. The highest BCUT2D eigenvalue weighted by molar-refractivity contribution is 7.89. The van der Waals surface area contributed by atoms with E-state index >= 15 is 0 Å². The molecule has 0 heterocycles. The molecule has 0 amide bonds. The van der Waals surface area contributed by atoms with Gasteiger partial charge < -0.3 is 4.74 Å². The third-order valence-electron chi connectivity index (χ3n) is 2.35. The molecule has 5 heteroatoms. The van der Waals surface area contributed by atoms with Crippen LogP contribution >= 0.6 is 0 Å². The number of nitrogens with two attached hydrogens (primary N) is 1. The molecule has 0 aliphatic heterocycles. The predicted octanol–water partition coefficient (Wildman–Crippen LogP) is 2.15. The Morgan fingerprint density at radius 2 is 1.82 bits per heavy atom. The Kier molecular flexibility index (Phi) is 4.96. The van der Waals surface area contributed by atoms with Gasteiger partial charge in [-0.1, -0.05) is 13.8 Å². The first-order chi connectivity index (χ1) is 7.89. The van der Waals surface area contributed by atoms with E-state index in [0.717, 1.165) is 12.8 Å². The number of benzene rings is 1. The van der Waals surface area contributed by atoms with Crippen LogP contribution < -0.4 is 9.88 Å². The molecule has 2 N–H and O–H groups in total. The van der Waals surface area contributed by atoms with Crippen molar-refractivity contribution < 1.29 is 13.2 Å². The maximum atomic E-state index is 11.0. The molecule has 0 aliphatic rings. The van der Waals surface area contributed by atoms with Gasteiger partial charge in [0.05, 0.1) is 11.5 Å². The van der Waals surface area contributed by atoms with Gasteiger partial charge in [-0.05, 0) is 43.0 Å². The Morgan fingerprint density at radius 3 is 2.29 bits per heavy atom. The van der Waals surface area contributed by atoms with E-state index < -0.39 is 10.0 Å². The first-order valence-corrected chi connectivity index (χ1v) is 7.20. The van der Waals surface area contributed by atoms with Crippen molar-refractivity contribution in [1.82, 2.24) is 0 Å². The average molecular weight is 257 g/mol. The fourth-order valence-corrected chi connectivity index (χ4v) is 1.92. The van der Waals surface area contributed by atoms with Gasteiger partial charge in [0, 0.05) is 0 Å². The lowest BCUT2D eigenvalue weighted by atomic mass is 10.1. The second-order valence-corrected chi connectivity index (χ2v) is 5.96. The van der Waals surface area contributed by atoms with Crippen molar-refractivity contribution in [1.29, 1.82) is 0 Å². The zero-order chi connectivity index (χ0) is 12.9. The van der Waals surface area contributed by atoms with Gasteiger partial charge in [0.25, 0.3) is 0 Å². The molecule has 0 unspecified atom stereocenters. The smallest absolute Gasteiger partial charge is 0.238 e. The van der Waals surface area contributed by atoms with E-state index in [2.05, 4.69) is 13.8 Å². The number of hydrogen-bond donors (Lipinski definition) is 1. The molecular formula is C12H19NO3S. The van der Waals surface area contributed by atoms with E-state index in [9.17, 15) is 8.42 Å². The summed E-state index contributed by atoms with van der Waals surface area (Å²) in [5.41, 5.74) is 0. The third kappa shape index (κ3) is 5.19. The summed E-state index contributed by atoms with van der Waals surface area (Å²) in [6.07, 6.45) is 2.11. The molecule has 1 rings (SSSR count). The molecule has 0 saturated heterocycles. The highest BCUT2D eigenvalue weighted by Gasteiger charge is 2.06. The van der Waals surface area contributed by atoms with Crippen molar-refractivity contribution >= 4 is 10.0 Å². The van der Waals surface area contributed by atoms with Gasteiger partial charge in [0.15, 0.2) is 0 Å². The van der Waals surface area contributed by atoms with E-state index in [-0.39, 0.29) is 4.90 Å². The molecule has 17 heavy (non-hydrogen) atoms. The molecule has 96 valence electrons. The minimum Gasteiger partial charge on any atom is -0.494 e. The first-order valence-electron chi connectivity index (χ1n) is 5.65. The maximum Gasteiger partial charge on any atom is 0.238 e. The topological polar surface area (TPSA) is 69.4 Å². The second kappa shape index (κ2) is 6.02. The minimum atomic E-state index is -3.61. The lowest BCUT2D eigenvalue weighted by Crippen LogP contribution is -2.11. The second-order valence-electron chi connectivity index (χ2n) is 4.40. The molecule has 0 aromatic heterocycles. The van der Waals surface area contributed by atoms with Gasteiger partial charge in [0.1, 0.15) is 5.75 Å². The summed E-state index contributed by atoms with van der Waals surface area (Å²) in [4.78, 5) is 0.104. The molecule has 0 spiro atoms.